The lowest BCUT2D eigenvalue weighted by Gasteiger charge is -2.02. The summed E-state index contributed by atoms with van der Waals surface area (Å²) >= 11 is 0. The minimum atomic E-state index is -4.48. The average molecular weight is 266 g/mol. The van der Waals surface area contributed by atoms with Gasteiger partial charge in [-0.3, -0.25) is 4.55 Å². The van der Waals surface area contributed by atoms with Crippen LogP contribution < -0.4 is 0 Å². The second-order valence-corrected chi connectivity index (χ2v) is 6.21. The van der Waals surface area contributed by atoms with Crippen molar-refractivity contribution in [2.75, 3.05) is 6.26 Å². The highest BCUT2D eigenvalue weighted by molar-refractivity contribution is 7.90. The molecule has 0 amide bonds. The summed E-state index contributed by atoms with van der Waals surface area (Å²) in [5.41, 5.74) is 0.435. The summed E-state index contributed by atoms with van der Waals surface area (Å²) in [7, 11) is -7.75. The molecule has 6 nitrogen and oxygen atoms in total. The first kappa shape index (κ1) is 13.1. The molecule has 0 heterocycles. The molecule has 0 saturated carbocycles. The molecule has 0 unspecified atom stereocenters. The van der Waals surface area contributed by atoms with E-state index >= 15 is 0 Å². The van der Waals surface area contributed by atoms with Crippen molar-refractivity contribution in [3.63, 3.8) is 0 Å². The monoisotopic (exact) mass is 266 g/mol. The molecule has 0 aliphatic heterocycles. The van der Waals surface area contributed by atoms with Crippen LogP contribution in [0.4, 0.5) is 0 Å². The van der Waals surface area contributed by atoms with Crippen LogP contribution >= 0.6 is 0 Å². The van der Waals surface area contributed by atoms with Crippen LogP contribution in [0.15, 0.2) is 29.2 Å². The summed E-state index contributed by atoms with van der Waals surface area (Å²) in [6.45, 7) is -0.344. The molecule has 1 aromatic rings. The van der Waals surface area contributed by atoms with Gasteiger partial charge in [-0.05, 0) is 17.7 Å². The second-order valence-electron chi connectivity index (χ2n) is 3.11. The van der Waals surface area contributed by atoms with Crippen LogP contribution in [0.5, 0.6) is 0 Å². The molecule has 0 bridgehead atoms. The van der Waals surface area contributed by atoms with Gasteiger partial charge in [0.15, 0.2) is 9.84 Å². The first-order valence-electron chi connectivity index (χ1n) is 4.09. The van der Waals surface area contributed by atoms with Crippen LogP contribution in [-0.4, -0.2) is 27.6 Å². The fourth-order valence-electron chi connectivity index (χ4n) is 0.975. The Balaban J connectivity index is 2.81. The van der Waals surface area contributed by atoms with E-state index in [2.05, 4.69) is 4.18 Å². The van der Waals surface area contributed by atoms with E-state index in [0.29, 0.717) is 5.56 Å². The van der Waals surface area contributed by atoms with Crippen molar-refractivity contribution in [3.05, 3.63) is 29.8 Å². The van der Waals surface area contributed by atoms with Gasteiger partial charge in [0, 0.05) is 6.26 Å². The molecule has 0 aromatic heterocycles. The summed E-state index contributed by atoms with van der Waals surface area (Å²) in [4.78, 5) is 0.128. The molecule has 0 aliphatic rings. The molecule has 16 heavy (non-hydrogen) atoms. The molecule has 90 valence electrons. The zero-order chi connectivity index (χ0) is 12.4. The largest absolute Gasteiger partial charge is 0.397 e. The van der Waals surface area contributed by atoms with Gasteiger partial charge in [-0.15, -0.1) is 0 Å². The Morgan fingerprint density at radius 1 is 1.12 bits per heavy atom. The maximum absolute atomic E-state index is 11.1. The highest BCUT2D eigenvalue weighted by Gasteiger charge is 2.08. The van der Waals surface area contributed by atoms with Gasteiger partial charge in [-0.2, -0.15) is 8.42 Å². The smallest absolute Gasteiger partial charge is 0.264 e. The number of rotatable bonds is 4. The third-order valence-corrected chi connectivity index (χ3v) is 3.27. The maximum atomic E-state index is 11.1. The van der Waals surface area contributed by atoms with E-state index in [-0.39, 0.29) is 11.5 Å². The lowest BCUT2D eigenvalue weighted by Crippen LogP contribution is -2.03. The Morgan fingerprint density at radius 3 is 2.00 bits per heavy atom. The van der Waals surface area contributed by atoms with Crippen LogP contribution in [0.25, 0.3) is 0 Å². The predicted molar refractivity (Wildman–Crippen MR) is 55.9 cm³/mol. The molecule has 0 saturated heterocycles. The summed E-state index contributed by atoms with van der Waals surface area (Å²) in [5, 5.41) is 0. The average Bonchev–Trinajstić information content (AvgIpc) is 2.13. The van der Waals surface area contributed by atoms with Crippen molar-refractivity contribution >= 4 is 20.2 Å². The van der Waals surface area contributed by atoms with Gasteiger partial charge >= 0.3 is 10.4 Å². The van der Waals surface area contributed by atoms with E-state index < -0.39 is 20.2 Å². The molecule has 0 spiro atoms. The molecule has 1 rings (SSSR count). The fourth-order valence-corrected chi connectivity index (χ4v) is 1.89. The van der Waals surface area contributed by atoms with Crippen LogP contribution in [-0.2, 0) is 31.0 Å². The van der Waals surface area contributed by atoms with Crippen molar-refractivity contribution in [3.8, 4) is 0 Å². The molecule has 1 aromatic carbocycles. The summed E-state index contributed by atoms with van der Waals surface area (Å²) < 4.78 is 55.2. The maximum Gasteiger partial charge on any atom is 0.397 e. The van der Waals surface area contributed by atoms with Gasteiger partial charge in [0.05, 0.1) is 11.5 Å². The molecule has 0 radical (unpaired) electrons. The zero-order valence-corrected chi connectivity index (χ0v) is 9.95. The Bertz CT molecular complexity index is 555. The molecule has 0 atom stereocenters. The molecule has 1 N–H and O–H groups in total. The predicted octanol–water partition coefficient (Wildman–Crippen LogP) is 0.410. The number of hydrogen-bond acceptors (Lipinski definition) is 5. The van der Waals surface area contributed by atoms with Crippen LogP contribution in [0.1, 0.15) is 5.56 Å². The van der Waals surface area contributed by atoms with Crippen molar-refractivity contribution in [1.29, 1.82) is 0 Å². The highest BCUT2D eigenvalue weighted by Crippen LogP contribution is 2.11. The zero-order valence-electron chi connectivity index (χ0n) is 8.32. The highest BCUT2D eigenvalue weighted by atomic mass is 32.3. The van der Waals surface area contributed by atoms with E-state index in [4.69, 9.17) is 4.55 Å². The standard InChI is InChI=1S/C8H10O6S2/c1-15(9,10)8-4-2-7(3-5-8)6-14-16(11,12)13/h2-5H,6H2,1H3,(H,11,12,13). The minimum absolute atomic E-state index is 0.128. The molecule has 0 fully saturated rings. The van der Waals surface area contributed by atoms with E-state index in [0.717, 1.165) is 6.26 Å². The first-order valence-corrected chi connectivity index (χ1v) is 7.35. The molecule has 8 heteroatoms. The Labute approximate surface area is 93.7 Å². The molecule has 0 aliphatic carbocycles. The van der Waals surface area contributed by atoms with Crippen LogP contribution in [0.3, 0.4) is 0 Å². The van der Waals surface area contributed by atoms with Crippen LogP contribution in [0, 0.1) is 0 Å². The van der Waals surface area contributed by atoms with Gasteiger partial charge in [0.25, 0.3) is 0 Å². The third kappa shape index (κ3) is 4.27. The quantitative estimate of drug-likeness (QED) is 0.793. The van der Waals surface area contributed by atoms with Gasteiger partial charge in [0.2, 0.25) is 0 Å². The van der Waals surface area contributed by atoms with E-state index in [9.17, 15) is 16.8 Å². The SMILES string of the molecule is CS(=O)(=O)c1ccc(COS(=O)(=O)O)cc1. The Hall–Kier alpha value is -0.960. The van der Waals surface area contributed by atoms with Crippen LogP contribution in [0.2, 0.25) is 0 Å². The summed E-state index contributed by atoms with van der Waals surface area (Å²) in [5.74, 6) is 0. The van der Waals surface area contributed by atoms with Gasteiger partial charge in [-0.25, -0.2) is 12.6 Å². The van der Waals surface area contributed by atoms with Gasteiger partial charge in [0.1, 0.15) is 0 Å². The third-order valence-electron chi connectivity index (χ3n) is 1.73. The number of sulfone groups is 1. The summed E-state index contributed by atoms with van der Waals surface area (Å²) in [6.07, 6.45) is 1.07. The van der Waals surface area contributed by atoms with Crippen molar-refractivity contribution in [1.82, 2.24) is 0 Å². The molecular formula is C8H10O6S2. The second kappa shape index (κ2) is 4.50. The summed E-state index contributed by atoms with van der Waals surface area (Å²) in [6, 6.07) is 5.47. The van der Waals surface area contributed by atoms with Crippen molar-refractivity contribution in [2.24, 2.45) is 0 Å². The topological polar surface area (TPSA) is 97.7 Å². The first-order chi connectivity index (χ1) is 7.18. The number of benzene rings is 1. The van der Waals surface area contributed by atoms with E-state index in [1.54, 1.807) is 0 Å². The Morgan fingerprint density at radius 2 is 1.62 bits per heavy atom. The fraction of sp³-hybridized carbons (Fsp3) is 0.250. The van der Waals surface area contributed by atoms with Crippen molar-refractivity contribution < 1.29 is 25.6 Å². The van der Waals surface area contributed by atoms with Gasteiger partial charge < -0.3 is 0 Å². The Kier molecular flexibility index (Phi) is 3.68. The lowest BCUT2D eigenvalue weighted by molar-refractivity contribution is 0.259. The van der Waals surface area contributed by atoms with E-state index in [1.165, 1.54) is 24.3 Å². The minimum Gasteiger partial charge on any atom is -0.264 e. The van der Waals surface area contributed by atoms with Crippen molar-refractivity contribution in [2.45, 2.75) is 11.5 Å². The molecular weight excluding hydrogens is 256 g/mol. The van der Waals surface area contributed by atoms with E-state index in [1.807, 2.05) is 0 Å². The number of hydrogen-bond donors (Lipinski definition) is 1. The lowest BCUT2D eigenvalue weighted by atomic mass is 10.2. The normalized spacial score (nSPS) is 12.6. The van der Waals surface area contributed by atoms with Gasteiger partial charge in [-0.1, -0.05) is 12.1 Å².